The Bertz CT molecular complexity index is 497. The van der Waals surface area contributed by atoms with E-state index in [1.165, 1.54) is 0 Å². The van der Waals surface area contributed by atoms with Gasteiger partial charge in [-0.3, -0.25) is 0 Å². The van der Waals surface area contributed by atoms with Gasteiger partial charge in [-0.25, -0.2) is 0 Å². The molecule has 16 heavy (non-hydrogen) atoms. The van der Waals surface area contributed by atoms with Crippen LogP contribution in [-0.4, -0.2) is 14.8 Å². The average molecular weight is 323 g/mol. The maximum Gasteiger partial charge on any atom is 0.573 e. The highest BCUT2D eigenvalue weighted by molar-refractivity contribution is 9.10. The summed E-state index contributed by atoms with van der Waals surface area (Å²) in [4.78, 5) is -0.762. The molecule has 0 aliphatic rings. The van der Waals surface area contributed by atoms with E-state index in [0.717, 1.165) is 0 Å². The van der Waals surface area contributed by atoms with E-state index in [-0.39, 0.29) is 4.47 Å². The predicted octanol–water partition coefficient (Wildman–Crippen LogP) is 3.01. The number of alkyl halides is 3. The van der Waals surface area contributed by atoms with Gasteiger partial charge in [0.1, 0.15) is 10.6 Å². The fourth-order valence-electron chi connectivity index (χ4n) is 0.876. The normalized spacial score (nSPS) is 12.6. The lowest BCUT2D eigenvalue weighted by atomic mass is 10.3. The molecule has 0 heterocycles. The summed E-state index contributed by atoms with van der Waals surface area (Å²) < 4.78 is 72.0. The molecule has 0 bridgehead atoms. The molecule has 1 aromatic rings. The molecule has 0 saturated carbocycles. The number of rotatable bonds is 2. The Labute approximate surface area is 96.4 Å². The van der Waals surface area contributed by atoms with Crippen LogP contribution in [0.2, 0.25) is 0 Å². The molecule has 0 saturated heterocycles. The molecule has 0 spiro atoms. The van der Waals surface area contributed by atoms with Crippen LogP contribution >= 0.6 is 15.9 Å². The Balaban J connectivity index is 3.10. The van der Waals surface area contributed by atoms with Gasteiger partial charge in [0.05, 0.1) is 0 Å². The first kappa shape index (κ1) is 13.2. The van der Waals surface area contributed by atoms with Gasteiger partial charge in [-0.2, -0.15) is 8.42 Å². The zero-order valence-corrected chi connectivity index (χ0v) is 9.66. The van der Waals surface area contributed by atoms with Crippen LogP contribution in [0.1, 0.15) is 0 Å². The van der Waals surface area contributed by atoms with Crippen LogP contribution < -0.4 is 4.74 Å². The van der Waals surface area contributed by atoms with Crippen LogP contribution in [0.15, 0.2) is 27.6 Å². The van der Waals surface area contributed by atoms with Gasteiger partial charge in [-0.05, 0) is 34.1 Å². The van der Waals surface area contributed by atoms with Gasteiger partial charge in [0.2, 0.25) is 0 Å². The maximum atomic E-state index is 12.5. The van der Waals surface area contributed by atoms with Crippen LogP contribution in [0, 0.1) is 0 Å². The van der Waals surface area contributed by atoms with Crippen molar-refractivity contribution in [1.82, 2.24) is 0 Å². The van der Waals surface area contributed by atoms with Crippen LogP contribution in [0.25, 0.3) is 0 Å². The molecule has 0 radical (unpaired) electrons. The quantitative estimate of drug-likeness (QED) is 0.621. The highest BCUT2D eigenvalue weighted by atomic mass is 79.9. The second kappa shape index (κ2) is 4.21. The lowest BCUT2D eigenvalue weighted by molar-refractivity contribution is -0.274. The van der Waals surface area contributed by atoms with Gasteiger partial charge in [0, 0.05) is 4.47 Å². The van der Waals surface area contributed by atoms with Crippen molar-refractivity contribution in [1.29, 1.82) is 0 Å². The Morgan fingerprint density at radius 3 is 2.19 bits per heavy atom. The van der Waals surface area contributed by atoms with Crippen molar-refractivity contribution in [3.05, 3.63) is 22.7 Å². The molecule has 9 heteroatoms. The number of hydrogen-bond acceptors (Lipinski definition) is 3. The Morgan fingerprint density at radius 2 is 1.81 bits per heavy atom. The molecule has 0 aliphatic carbocycles. The molecule has 90 valence electrons. The molecule has 0 fully saturated rings. The molecular weight excluding hydrogens is 320 g/mol. The molecule has 0 unspecified atom stereocenters. The first-order valence-electron chi connectivity index (χ1n) is 3.59. The number of halogens is 5. The highest BCUT2D eigenvalue weighted by Gasteiger charge is 2.31. The lowest BCUT2D eigenvalue weighted by Crippen LogP contribution is -2.17. The molecule has 0 aromatic heterocycles. The van der Waals surface area contributed by atoms with Crippen molar-refractivity contribution in [2.75, 3.05) is 0 Å². The first-order chi connectivity index (χ1) is 7.09. The Hall–Kier alpha value is -0.830. The summed E-state index contributed by atoms with van der Waals surface area (Å²) in [5.74, 6) is -0.647. The van der Waals surface area contributed by atoms with Gasteiger partial charge in [0.25, 0.3) is 0 Å². The second-order valence-corrected chi connectivity index (χ2v) is 4.75. The number of benzene rings is 1. The Kier molecular flexibility index (Phi) is 3.48. The zero-order valence-electron chi connectivity index (χ0n) is 7.25. The maximum absolute atomic E-state index is 12.5. The predicted molar refractivity (Wildman–Crippen MR) is 49.1 cm³/mol. The fraction of sp³-hybridized carbons (Fsp3) is 0.143. The van der Waals surface area contributed by atoms with Crippen molar-refractivity contribution in [2.24, 2.45) is 0 Å². The summed E-state index contributed by atoms with van der Waals surface area (Å²) in [6, 6.07) is 2.07. The van der Waals surface area contributed by atoms with Crippen molar-refractivity contribution in [2.45, 2.75) is 11.3 Å². The summed E-state index contributed by atoms with van der Waals surface area (Å²) in [5.41, 5.74) is 0. The highest BCUT2D eigenvalue weighted by Crippen LogP contribution is 2.30. The molecule has 0 aliphatic heterocycles. The second-order valence-electron chi connectivity index (χ2n) is 2.58. The van der Waals surface area contributed by atoms with Gasteiger partial charge < -0.3 is 4.74 Å². The lowest BCUT2D eigenvalue weighted by Gasteiger charge is -2.09. The minimum atomic E-state index is -4.98. The number of hydrogen-bond donors (Lipinski definition) is 0. The van der Waals surface area contributed by atoms with E-state index in [9.17, 15) is 25.5 Å². The van der Waals surface area contributed by atoms with E-state index in [1.54, 1.807) is 0 Å². The standard InChI is InChI=1S/C7H3BrF4O3S/c8-5-3-4(15-7(9,10)11)1-2-6(5)16(12,13)14/h1-3H. The fourth-order valence-corrected chi connectivity index (χ4v) is 2.34. The molecule has 0 amide bonds. The Morgan fingerprint density at radius 1 is 1.25 bits per heavy atom. The monoisotopic (exact) mass is 322 g/mol. The minimum absolute atomic E-state index is 0.350. The average Bonchev–Trinajstić information content (AvgIpc) is 1.97. The molecule has 0 N–H and O–H groups in total. The van der Waals surface area contributed by atoms with Gasteiger partial charge in [0.15, 0.2) is 0 Å². The topological polar surface area (TPSA) is 43.4 Å². The minimum Gasteiger partial charge on any atom is -0.406 e. The van der Waals surface area contributed by atoms with Crippen molar-refractivity contribution >= 4 is 26.2 Å². The third-order valence-corrected chi connectivity index (χ3v) is 3.20. The van der Waals surface area contributed by atoms with Crippen molar-refractivity contribution < 1.29 is 30.2 Å². The summed E-state index contributed by atoms with van der Waals surface area (Å²) in [7, 11) is -4.98. The molecular formula is C7H3BrF4O3S. The van der Waals surface area contributed by atoms with E-state index in [0.29, 0.717) is 18.2 Å². The first-order valence-corrected chi connectivity index (χ1v) is 5.77. The molecule has 1 rings (SSSR count). The van der Waals surface area contributed by atoms with E-state index < -0.39 is 27.2 Å². The summed E-state index contributed by atoms with van der Waals surface area (Å²) in [6.45, 7) is 0. The summed E-state index contributed by atoms with van der Waals surface area (Å²) in [5, 5.41) is 0. The smallest absolute Gasteiger partial charge is 0.406 e. The van der Waals surface area contributed by atoms with Crippen molar-refractivity contribution in [3.63, 3.8) is 0 Å². The summed E-state index contributed by atoms with van der Waals surface area (Å²) in [6.07, 6.45) is -4.89. The van der Waals surface area contributed by atoms with Gasteiger partial charge >= 0.3 is 16.6 Å². The van der Waals surface area contributed by atoms with Crippen LogP contribution in [-0.2, 0) is 10.2 Å². The van der Waals surface area contributed by atoms with E-state index in [1.807, 2.05) is 0 Å². The SMILES string of the molecule is O=S(=O)(F)c1ccc(OC(F)(F)F)cc1Br. The van der Waals surface area contributed by atoms with Crippen LogP contribution in [0.3, 0.4) is 0 Å². The van der Waals surface area contributed by atoms with Crippen LogP contribution in [0.5, 0.6) is 5.75 Å². The molecule has 3 nitrogen and oxygen atoms in total. The number of ether oxygens (including phenoxy) is 1. The third-order valence-electron chi connectivity index (χ3n) is 1.40. The largest absolute Gasteiger partial charge is 0.573 e. The van der Waals surface area contributed by atoms with Gasteiger partial charge in [-0.15, -0.1) is 17.1 Å². The summed E-state index contributed by atoms with van der Waals surface area (Å²) >= 11 is 2.62. The third kappa shape index (κ3) is 3.63. The van der Waals surface area contributed by atoms with Crippen molar-refractivity contribution in [3.8, 4) is 5.75 Å². The molecule has 1 aromatic carbocycles. The molecule has 0 atom stereocenters. The van der Waals surface area contributed by atoms with E-state index in [2.05, 4.69) is 20.7 Å². The van der Waals surface area contributed by atoms with E-state index >= 15 is 0 Å². The zero-order chi connectivity index (χ0) is 12.6. The van der Waals surface area contributed by atoms with Gasteiger partial charge in [-0.1, -0.05) is 0 Å². The van der Waals surface area contributed by atoms with Crippen LogP contribution in [0.4, 0.5) is 17.1 Å². The van der Waals surface area contributed by atoms with E-state index in [4.69, 9.17) is 0 Å².